The third kappa shape index (κ3) is 1.79. The number of nitrogens with zero attached hydrogens (tertiary/aromatic N) is 1. The molecule has 0 saturated heterocycles. The fourth-order valence-electron chi connectivity index (χ4n) is 2.79. The summed E-state index contributed by atoms with van der Waals surface area (Å²) in [5.74, 6) is 1.13. The van der Waals surface area contributed by atoms with Gasteiger partial charge in [-0.3, -0.25) is 4.57 Å². The van der Waals surface area contributed by atoms with Crippen molar-refractivity contribution >= 4 is 22.9 Å². The van der Waals surface area contributed by atoms with E-state index in [9.17, 15) is 4.79 Å². The number of hydrogen-bond donors (Lipinski definition) is 0. The van der Waals surface area contributed by atoms with Gasteiger partial charge >= 0.3 is 5.76 Å². The summed E-state index contributed by atoms with van der Waals surface area (Å²) in [6.07, 6.45) is 0. The van der Waals surface area contributed by atoms with E-state index in [1.54, 1.807) is 4.57 Å². The minimum atomic E-state index is -0.263. The van der Waals surface area contributed by atoms with Gasteiger partial charge in [0.15, 0.2) is 5.58 Å². The summed E-state index contributed by atoms with van der Waals surface area (Å²) in [7, 11) is 0. The molecule has 1 aliphatic heterocycles. The summed E-state index contributed by atoms with van der Waals surface area (Å²) in [5, 5.41) is 0. The molecule has 0 N–H and O–H groups in total. The van der Waals surface area contributed by atoms with E-state index in [0.29, 0.717) is 18.0 Å². The van der Waals surface area contributed by atoms with E-state index in [1.165, 1.54) is 10.5 Å². The number of oxazole rings is 1. The third-order valence-electron chi connectivity index (χ3n) is 3.78. The fraction of sp³-hybridized carbons (Fsp3) is 0.188. The van der Waals surface area contributed by atoms with Gasteiger partial charge in [-0.25, -0.2) is 4.79 Å². The maximum absolute atomic E-state index is 12.0. The molecule has 4 rings (SSSR count). The molecule has 0 radical (unpaired) electrons. The molecule has 0 amide bonds. The van der Waals surface area contributed by atoms with Gasteiger partial charge in [0.2, 0.25) is 0 Å². The van der Waals surface area contributed by atoms with E-state index in [1.807, 2.05) is 36.0 Å². The molecule has 0 bridgehead atoms. The first-order valence-electron chi connectivity index (χ1n) is 6.63. The fourth-order valence-corrected chi connectivity index (χ4v) is 4.03. The lowest BCUT2D eigenvalue weighted by atomic mass is 10.0. The first kappa shape index (κ1) is 11.9. The van der Waals surface area contributed by atoms with Crippen molar-refractivity contribution in [2.75, 3.05) is 5.75 Å². The highest BCUT2D eigenvalue weighted by molar-refractivity contribution is 7.99. The topological polar surface area (TPSA) is 35.1 Å². The van der Waals surface area contributed by atoms with Crippen LogP contribution in [0.3, 0.4) is 0 Å². The molecule has 1 aromatic heterocycles. The van der Waals surface area contributed by atoms with Crippen LogP contribution >= 0.6 is 11.8 Å². The van der Waals surface area contributed by atoms with E-state index in [2.05, 4.69) is 24.3 Å². The lowest BCUT2D eigenvalue weighted by molar-refractivity contribution is 0.488. The van der Waals surface area contributed by atoms with Crippen LogP contribution in [0.4, 0.5) is 0 Å². The Hall–Kier alpha value is -1.94. The van der Waals surface area contributed by atoms with Crippen LogP contribution in [0.1, 0.15) is 11.5 Å². The van der Waals surface area contributed by atoms with Gasteiger partial charge in [-0.1, -0.05) is 30.3 Å². The van der Waals surface area contributed by atoms with Crippen LogP contribution in [-0.2, 0) is 6.54 Å². The van der Waals surface area contributed by atoms with Gasteiger partial charge in [0.05, 0.1) is 5.52 Å². The summed E-state index contributed by atoms with van der Waals surface area (Å²) in [5.41, 5.74) is 2.89. The van der Waals surface area contributed by atoms with Crippen LogP contribution in [0.25, 0.3) is 11.1 Å². The lowest BCUT2D eigenvalue weighted by Gasteiger charge is -2.10. The predicted octanol–water partition coefficient (Wildman–Crippen LogP) is 3.48. The van der Waals surface area contributed by atoms with Crippen molar-refractivity contribution in [1.29, 1.82) is 0 Å². The second-order valence-electron chi connectivity index (χ2n) is 4.99. The van der Waals surface area contributed by atoms with Crippen LogP contribution in [0.15, 0.2) is 62.6 Å². The molecule has 2 heterocycles. The average molecular weight is 283 g/mol. The molecule has 1 atom stereocenters. The lowest BCUT2D eigenvalue weighted by Crippen LogP contribution is -2.19. The monoisotopic (exact) mass is 283 g/mol. The maximum Gasteiger partial charge on any atom is 0.419 e. The molecule has 100 valence electrons. The third-order valence-corrected chi connectivity index (χ3v) is 5.03. The molecule has 3 aromatic rings. The second-order valence-corrected chi connectivity index (χ2v) is 6.05. The molecule has 0 saturated carbocycles. The number of thioether (sulfide) groups is 1. The highest BCUT2D eigenvalue weighted by Crippen LogP contribution is 2.40. The van der Waals surface area contributed by atoms with Crippen molar-refractivity contribution in [2.45, 2.75) is 17.4 Å². The molecule has 4 heteroatoms. The van der Waals surface area contributed by atoms with Crippen LogP contribution in [0.2, 0.25) is 0 Å². The molecular weight excluding hydrogens is 270 g/mol. The normalized spacial score (nSPS) is 17.5. The Balaban J connectivity index is 1.76. The van der Waals surface area contributed by atoms with Gasteiger partial charge < -0.3 is 4.42 Å². The Morgan fingerprint density at radius 2 is 1.95 bits per heavy atom. The van der Waals surface area contributed by atoms with Crippen LogP contribution in [0, 0.1) is 0 Å². The molecule has 1 aliphatic rings. The maximum atomic E-state index is 12.0. The van der Waals surface area contributed by atoms with E-state index in [4.69, 9.17) is 4.42 Å². The van der Waals surface area contributed by atoms with Crippen molar-refractivity contribution < 1.29 is 4.42 Å². The number of hydrogen-bond acceptors (Lipinski definition) is 3. The zero-order valence-electron chi connectivity index (χ0n) is 10.8. The van der Waals surface area contributed by atoms with Crippen LogP contribution in [-0.4, -0.2) is 10.3 Å². The van der Waals surface area contributed by atoms with Gasteiger partial charge in [-0.15, -0.1) is 11.8 Å². The van der Waals surface area contributed by atoms with Gasteiger partial charge in [-0.2, -0.15) is 0 Å². The summed E-state index contributed by atoms with van der Waals surface area (Å²) in [6, 6.07) is 16.0. The number of rotatable bonds is 2. The Morgan fingerprint density at radius 3 is 2.90 bits per heavy atom. The summed E-state index contributed by atoms with van der Waals surface area (Å²) in [6.45, 7) is 0.680. The Bertz CT molecular complexity index is 834. The first-order chi connectivity index (χ1) is 9.83. The molecule has 0 aliphatic carbocycles. The predicted molar refractivity (Wildman–Crippen MR) is 80.4 cm³/mol. The number of para-hydroxylation sites is 2. The molecule has 1 unspecified atom stereocenters. The van der Waals surface area contributed by atoms with E-state index >= 15 is 0 Å². The van der Waals surface area contributed by atoms with Crippen LogP contribution < -0.4 is 5.76 Å². The molecular formula is C16H13NO2S. The van der Waals surface area contributed by atoms with Crippen molar-refractivity contribution in [1.82, 2.24) is 4.57 Å². The quantitative estimate of drug-likeness (QED) is 0.722. The minimum Gasteiger partial charge on any atom is -0.408 e. The standard InChI is InChI=1S/C16H13NO2S/c18-16-17(13-6-2-3-7-14(13)19-16)9-11-10-20-15-8-4-1-5-12(11)15/h1-8,11H,9-10H2. The van der Waals surface area contributed by atoms with Gasteiger partial charge in [-0.05, 0) is 23.8 Å². The number of fused-ring (bicyclic) bond motifs is 2. The number of benzene rings is 2. The van der Waals surface area contributed by atoms with Crippen molar-refractivity contribution in [3.05, 3.63) is 64.6 Å². The van der Waals surface area contributed by atoms with Crippen LogP contribution in [0.5, 0.6) is 0 Å². The summed E-state index contributed by atoms with van der Waals surface area (Å²) in [4.78, 5) is 13.4. The Labute approximate surface area is 120 Å². The zero-order chi connectivity index (χ0) is 13.5. The summed E-state index contributed by atoms with van der Waals surface area (Å²) < 4.78 is 7.05. The molecule has 0 spiro atoms. The highest BCUT2D eigenvalue weighted by atomic mass is 32.2. The van der Waals surface area contributed by atoms with Gasteiger partial charge in [0, 0.05) is 23.1 Å². The Morgan fingerprint density at radius 1 is 1.15 bits per heavy atom. The number of aromatic nitrogens is 1. The van der Waals surface area contributed by atoms with Crippen molar-refractivity contribution in [2.24, 2.45) is 0 Å². The average Bonchev–Trinajstić information content (AvgIpc) is 3.02. The largest absolute Gasteiger partial charge is 0.419 e. The molecule has 2 aromatic carbocycles. The van der Waals surface area contributed by atoms with Gasteiger partial charge in [0.25, 0.3) is 0 Å². The SMILES string of the molecule is O=c1oc2ccccc2n1CC1CSc2ccccc21. The Kier molecular flexibility index (Phi) is 2.70. The summed E-state index contributed by atoms with van der Waals surface area (Å²) >= 11 is 1.86. The first-order valence-corrected chi connectivity index (χ1v) is 7.61. The highest BCUT2D eigenvalue weighted by Gasteiger charge is 2.24. The van der Waals surface area contributed by atoms with Gasteiger partial charge in [0.1, 0.15) is 0 Å². The van der Waals surface area contributed by atoms with E-state index in [0.717, 1.165) is 11.3 Å². The zero-order valence-corrected chi connectivity index (χ0v) is 11.6. The second kappa shape index (κ2) is 4.56. The molecule has 0 fully saturated rings. The van der Waals surface area contributed by atoms with Crippen molar-refractivity contribution in [3.8, 4) is 0 Å². The van der Waals surface area contributed by atoms with E-state index < -0.39 is 0 Å². The molecule has 20 heavy (non-hydrogen) atoms. The molecule has 3 nitrogen and oxygen atoms in total. The van der Waals surface area contributed by atoms with E-state index in [-0.39, 0.29) is 5.76 Å². The van der Waals surface area contributed by atoms with Crippen molar-refractivity contribution in [3.63, 3.8) is 0 Å². The smallest absolute Gasteiger partial charge is 0.408 e. The minimum absolute atomic E-state index is 0.263.